The maximum atomic E-state index is 5.98. The molecule has 0 fully saturated rings. The Balaban J connectivity index is 2.23. The molecule has 1 atom stereocenters. The number of rotatable bonds is 2. The van der Waals surface area contributed by atoms with Crippen LogP contribution in [-0.2, 0) is 0 Å². The lowest BCUT2D eigenvalue weighted by atomic mass is 10.2. The summed E-state index contributed by atoms with van der Waals surface area (Å²) in [5.74, 6) is 0.877. The fraction of sp³-hybridized carbons (Fsp3) is 0.154. The number of hydrogen-bond acceptors (Lipinski definition) is 2. The minimum Gasteiger partial charge on any atom is -0.467 e. The Hall–Kier alpha value is -1.52. The Morgan fingerprint density at radius 2 is 2.22 bits per heavy atom. The van der Waals surface area contributed by atoms with Crippen molar-refractivity contribution in [3.05, 3.63) is 52.1 Å². The van der Waals surface area contributed by atoms with Gasteiger partial charge in [-0.25, -0.2) is 0 Å². The van der Waals surface area contributed by atoms with Crippen LogP contribution in [0.3, 0.4) is 0 Å². The highest BCUT2D eigenvalue weighted by Gasteiger charge is 2.15. The van der Waals surface area contributed by atoms with Crippen LogP contribution in [0.25, 0.3) is 11.0 Å². The lowest BCUT2D eigenvalue weighted by Gasteiger charge is -2.11. The van der Waals surface area contributed by atoms with Gasteiger partial charge in [-0.2, -0.15) is 0 Å². The summed E-state index contributed by atoms with van der Waals surface area (Å²) in [7, 11) is 0. The molecule has 0 amide bonds. The van der Waals surface area contributed by atoms with E-state index in [-0.39, 0.29) is 6.04 Å². The number of nitrogens with one attached hydrogen (secondary N) is 1. The molecule has 92 valence electrons. The van der Waals surface area contributed by atoms with Crippen molar-refractivity contribution in [3.8, 4) is 0 Å². The number of aromatic amines is 1. The van der Waals surface area contributed by atoms with E-state index in [4.69, 9.17) is 28.2 Å². The predicted octanol–water partition coefficient (Wildman–Crippen LogP) is 4.55. The summed E-state index contributed by atoms with van der Waals surface area (Å²) in [6, 6.07) is 9.56. The number of H-pyrrole nitrogens is 1. The van der Waals surface area contributed by atoms with Gasteiger partial charge in [-0.05, 0) is 49.5 Å². The number of fused-ring (bicyclic) bond motifs is 1. The summed E-state index contributed by atoms with van der Waals surface area (Å²) >= 11 is 11.3. The maximum absolute atomic E-state index is 5.98. The first-order valence-electron chi connectivity index (χ1n) is 5.60. The van der Waals surface area contributed by atoms with E-state index in [0.717, 1.165) is 16.8 Å². The molecular formula is C13H11ClN2OS. The molecule has 0 aliphatic heterocycles. The standard InChI is InChI=1S/C13H11ClN2OS/c1-8(12-3-2-6-17-12)16-11-5-4-9(14)7-10(11)15-13(16)18/h2-8H,1H3,(H,15,18). The minimum absolute atomic E-state index is 0.0439. The second-order valence-electron chi connectivity index (χ2n) is 4.15. The van der Waals surface area contributed by atoms with Crippen molar-refractivity contribution in [2.45, 2.75) is 13.0 Å². The van der Waals surface area contributed by atoms with E-state index in [1.54, 1.807) is 6.26 Å². The number of benzene rings is 1. The average Bonchev–Trinajstić information content (AvgIpc) is 2.94. The van der Waals surface area contributed by atoms with Crippen LogP contribution in [-0.4, -0.2) is 9.55 Å². The van der Waals surface area contributed by atoms with Crippen molar-refractivity contribution < 1.29 is 4.42 Å². The van der Waals surface area contributed by atoms with Crippen LogP contribution in [0.4, 0.5) is 0 Å². The summed E-state index contributed by atoms with van der Waals surface area (Å²) in [5, 5.41) is 0.691. The molecule has 1 N–H and O–H groups in total. The van der Waals surface area contributed by atoms with Crippen LogP contribution >= 0.6 is 23.8 Å². The van der Waals surface area contributed by atoms with Gasteiger partial charge in [-0.15, -0.1) is 0 Å². The van der Waals surface area contributed by atoms with Gasteiger partial charge in [-0.3, -0.25) is 0 Å². The molecule has 18 heavy (non-hydrogen) atoms. The maximum Gasteiger partial charge on any atom is 0.178 e. The van der Waals surface area contributed by atoms with Crippen molar-refractivity contribution in [2.75, 3.05) is 0 Å². The van der Waals surface area contributed by atoms with Crippen molar-refractivity contribution in [1.82, 2.24) is 9.55 Å². The molecule has 0 spiro atoms. The largest absolute Gasteiger partial charge is 0.467 e. The molecule has 2 heterocycles. The van der Waals surface area contributed by atoms with E-state index >= 15 is 0 Å². The smallest absolute Gasteiger partial charge is 0.178 e. The second-order valence-corrected chi connectivity index (χ2v) is 4.98. The van der Waals surface area contributed by atoms with Crippen molar-refractivity contribution in [1.29, 1.82) is 0 Å². The number of aromatic nitrogens is 2. The summed E-state index contributed by atoms with van der Waals surface area (Å²) in [6.45, 7) is 2.05. The highest BCUT2D eigenvalue weighted by Crippen LogP contribution is 2.26. The van der Waals surface area contributed by atoms with Gasteiger partial charge in [0, 0.05) is 5.02 Å². The average molecular weight is 279 g/mol. The van der Waals surface area contributed by atoms with Crippen LogP contribution in [0, 0.1) is 4.77 Å². The van der Waals surface area contributed by atoms with Gasteiger partial charge < -0.3 is 14.0 Å². The van der Waals surface area contributed by atoms with E-state index in [1.165, 1.54) is 0 Å². The van der Waals surface area contributed by atoms with Crippen molar-refractivity contribution in [2.24, 2.45) is 0 Å². The molecule has 0 bridgehead atoms. The summed E-state index contributed by atoms with van der Waals surface area (Å²) in [6.07, 6.45) is 1.67. The Labute approximate surface area is 114 Å². The molecule has 1 aromatic carbocycles. The molecule has 0 radical (unpaired) electrons. The Bertz CT molecular complexity index is 742. The van der Waals surface area contributed by atoms with Gasteiger partial charge in [-0.1, -0.05) is 11.6 Å². The minimum atomic E-state index is 0.0439. The van der Waals surface area contributed by atoms with Gasteiger partial charge in [0.2, 0.25) is 0 Å². The topological polar surface area (TPSA) is 33.9 Å². The van der Waals surface area contributed by atoms with Crippen LogP contribution in [0.5, 0.6) is 0 Å². The van der Waals surface area contributed by atoms with Gasteiger partial charge >= 0.3 is 0 Å². The van der Waals surface area contributed by atoms with Crippen molar-refractivity contribution in [3.63, 3.8) is 0 Å². The lowest BCUT2D eigenvalue weighted by molar-refractivity contribution is 0.449. The second kappa shape index (κ2) is 4.30. The Morgan fingerprint density at radius 3 is 2.94 bits per heavy atom. The third-order valence-corrected chi connectivity index (χ3v) is 3.55. The van der Waals surface area contributed by atoms with Gasteiger partial charge in [0.25, 0.3) is 0 Å². The highest BCUT2D eigenvalue weighted by molar-refractivity contribution is 7.71. The molecule has 2 aromatic heterocycles. The lowest BCUT2D eigenvalue weighted by Crippen LogP contribution is -2.05. The molecule has 0 aliphatic carbocycles. The molecule has 0 saturated heterocycles. The summed E-state index contributed by atoms with van der Waals surface area (Å²) < 4.78 is 8.13. The summed E-state index contributed by atoms with van der Waals surface area (Å²) in [5.41, 5.74) is 1.96. The Morgan fingerprint density at radius 1 is 1.39 bits per heavy atom. The first-order valence-corrected chi connectivity index (χ1v) is 6.38. The third kappa shape index (κ3) is 1.78. The molecular weight excluding hydrogens is 268 g/mol. The fourth-order valence-corrected chi connectivity index (χ4v) is 2.68. The zero-order chi connectivity index (χ0) is 12.7. The monoisotopic (exact) mass is 278 g/mol. The number of furan rings is 1. The Kier molecular flexibility index (Phi) is 2.76. The first kappa shape index (κ1) is 11.6. The van der Waals surface area contributed by atoms with Gasteiger partial charge in [0.15, 0.2) is 4.77 Å². The summed E-state index contributed by atoms with van der Waals surface area (Å²) in [4.78, 5) is 3.16. The van der Waals surface area contributed by atoms with Gasteiger partial charge in [0.05, 0.1) is 23.3 Å². The molecule has 5 heteroatoms. The van der Waals surface area contributed by atoms with E-state index in [1.807, 2.05) is 34.9 Å². The number of nitrogens with zero attached hydrogens (tertiary/aromatic N) is 1. The van der Waals surface area contributed by atoms with E-state index in [0.29, 0.717) is 9.79 Å². The quantitative estimate of drug-likeness (QED) is 0.698. The molecule has 0 saturated carbocycles. The van der Waals surface area contributed by atoms with E-state index < -0.39 is 0 Å². The van der Waals surface area contributed by atoms with E-state index in [2.05, 4.69) is 11.9 Å². The van der Waals surface area contributed by atoms with E-state index in [9.17, 15) is 0 Å². The zero-order valence-corrected chi connectivity index (χ0v) is 11.3. The van der Waals surface area contributed by atoms with Crippen LogP contribution in [0.1, 0.15) is 18.7 Å². The molecule has 3 aromatic rings. The van der Waals surface area contributed by atoms with Gasteiger partial charge in [0.1, 0.15) is 5.76 Å². The number of halogens is 1. The molecule has 3 rings (SSSR count). The first-order chi connectivity index (χ1) is 8.66. The van der Waals surface area contributed by atoms with Crippen LogP contribution < -0.4 is 0 Å². The van der Waals surface area contributed by atoms with Crippen LogP contribution in [0.15, 0.2) is 41.0 Å². The molecule has 1 unspecified atom stereocenters. The van der Waals surface area contributed by atoms with Crippen molar-refractivity contribution >= 4 is 34.9 Å². The molecule has 0 aliphatic rings. The number of hydrogen-bond donors (Lipinski definition) is 1. The number of imidazole rings is 1. The third-order valence-electron chi connectivity index (χ3n) is 3.02. The normalized spacial score (nSPS) is 13.0. The SMILES string of the molecule is CC(c1ccco1)n1c(=S)[nH]c2cc(Cl)ccc21. The van der Waals surface area contributed by atoms with Crippen LogP contribution in [0.2, 0.25) is 5.02 Å². The zero-order valence-electron chi connectivity index (χ0n) is 9.68. The fourth-order valence-electron chi connectivity index (χ4n) is 2.14. The predicted molar refractivity (Wildman–Crippen MR) is 74.7 cm³/mol. The molecule has 3 nitrogen and oxygen atoms in total. The highest BCUT2D eigenvalue weighted by atomic mass is 35.5.